The van der Waals surface area contributed by atoms with Crippen molar-refractivity contribution in [2.24, 2.45) is 0 Å². The van der Waals surface area contributed by atoms with Gasteiger partial charge in [-0.2, -0.15) is 0 Å². The summed E-state index contributed by atoms with van der Waals surface area (Å²) in [6.07, 6.45) is 1.72. The SMILES string of the molecule is CCOC(=O)C1CCCN1Cc1cccc(F)c1Cl. The summed E-state index contributed by atoms with van der Waals surface area (Å²) in [5.41, 5.74) is 0.706. The van der Waals surface area contributed by atoms with Crippen LogP contribution in [0.3, 0.4) is 0 Å². The Kier molecular flexibility index (Phi) is 4.77. The molecule has 0 aliphatic carbocycles. The van der Waals surface area contributed by atoms with Crippen LogP contribution in [0.2, 0.25) is 5.02 Å². The molecule has 1 aliphatic rings. The Morgan fingerprint density at radius 1 is 1.58 bits per heavy atom. The predicted molar refractivity (Wildman–Crippen MR) is 71.5 cm³/mol. The Balaban J connectivity index is 2.09. The minimum Gasteiger partial charge on any atom is -0.465 e. The van der Waals surface area contributed by atoms with Gasteiger partial charge in [0, 0.05) is 6.54 Å². The number of esters is 1. The molecule has 104 valence electrons. The van der Waals surface area contributed by atoms with Crippen molar-refractivity contribution in [1.29, 1.82) is 0 Å². The highest BCUT2D eigenvalue weighted by atomic mass is 35.5. The summed E-state index contributed by atoms with van der Waals surface area (Å²) in [5, 5.41) is 0.136. The first-order valence-electron chi connectivity index (χ1n) is 6.47. The second-order valence-corrected chi connectivity index (χ2v) is 4.97. The summed E-state index contributed by atoms with van der Waals surface area (Å²) in [6.45, 7) is 3.45. The molecule has 19 heavy (non-hydrogen) atoms. The summed E-state index contributed by atoms with van der Waals surface area (Å²) in [5.74, 6) is -0.626. The van der Waals surface area contributed by atoms with Gasteiger partial charge in [0.1, 0.15) is 11.9 Å². The van der Waals surface area contributed by atoms with Crippen LogP contribution in [-0.2, 0) is 16.1 Å². The van der Waals surface area contributed by atoms with Gasteiger partial charge < -0.3 is 4.74 Å². The minimum absolute atomic E-state index is 0.136. The van der Waals surface area contributed by atoms with Crippen molar-refractivity contribution < 1.29 is 13.9 Å². The highest BCUT2D eigenvalue weighted by Gasteiger charge is 2.32. The molecule has 0 bridgehead atoms. The van der Waals surface area contributed by atoms with Gasteiger partial charge in [-0.3, -0.25) is 9.69 Å². The lowest BCUT2D eigenvalue weighted by molar-refractivity contribution is -0.148. The second kappa shape index (κ2) is 6.35. The van der Waals surface area contributed by atoms with Crippen LogP contribution in [0.25, 0.3) is 0 Å². The molecule has 1 saturated heterocycles. The number of nitrogens with zero attached hydrogens (tertiary/aromatic N) is 1. The normalized spacial score (nSPS) is 19.6. The van der Waals surface area contributed by atoms with E-state index in [1.165, 1.54) is 6.07 Å². The van der Waals surface area contributed by atoms with E-state index in [0.717, 1.165) is 19.4 Å². The first-order valence-corrected chi connectivity index (χ1v) is 6.85. The van der Waals surface area contributed by atoms with E-state index in [0.29, 0.717) is 18.7 Å². The third kappa shape index (κ3) is 3.25. The summed E-state index contributed by atoms with van der Waals surface area (Å²) in [4.78, 5) is 13.8. The average Bonchev–Trinajstić information content (AvgIpc) is 2.83. The van der Waals surface area contributed by atoms with Gasteiger partial charge in [-0.25, -0.2) is 4.39 Å². The molecule has 0 radical (unpaired) electrons. The van der Waals surface area contributed by atoms with Crippen molar-refractivity contribution in [2.75, 3.05) is 13.2 Å². The highest BCUT2D eigenvalue weighted by molar-refractivity contribution is 6.31. The molecule has 1 fully saturated rings. The number of ether oxygens (including phenoxy) is 1. The van der Waals surface area contributed by atoms with Crippen LogP contribution in [0.15, 0.2) is 18.2 Å². The van der Waals surface area contributed by atoms with Crippen LogP contribution in [-0.4, -0.2) is 30.1 Å². The van der Waals surface area contributed by atoms with E-state index in [9.17, 15) is 9.18 Å². The van der Waals surface area contributed by atoms with E-state index in [2.05, 4.69) is 0 Å². The maximum absolute atomic E-state index is 13.4. The summed E-state index contributed by atoms with van der Waals surface area (Å²) < 4.78 is 18.4. The lowest BCUT2D eigenvalue weighted by atomic mass is 10.1. The fourth-order valence-electron chi connectivity index (χ4n) is 2.41. The molecule has 1 unspecified atom stereocenters. The van der Waals surface area contributed by atoms with E-state index in [1.807, 2.05) is 4.90 Å². The molecule has 1 heterocycles. The molecular formula is C14H17ClFNO2. The van der Waals surface area contributed by atoms with Crippen molar-refractivity contribution >= 4 is 17.6 Å². The van der Waals surface area contributed by atoms with Crippen LogP contribution in [0.5, 0.6) is 0 Å². The van der Waals surface area contributed by atoms with Gasteiger partial charge in [0.25, 0.3) is 0 Å². The van der Waals surface area contributed by atoms with Gasteiger partial charge in [-0.1, -0.05) is 23.7 Å². The first-order chi connectivity index (χ1) is 9.13. The number of carbonyl (C=O) groups is 1. The quantitative estimate of drug-likeness (QED) is 0.797. The van der Waals surface area contributed by atoms with E-state index in [4.69, 9.17) is 16.3 Å². The first kappa shape index (κ1) is 14.3. The van der Waals surface area contributed by atoms with Crippen molar-refractivity contribution in [2.45, 2.75) is 32.4 Å². The van der Waals surface area contributed by atoms with Gasteiger partial charge in [0.2, 0.25) is 0 Å². The predicted octanol–water partition coefficient (Wildman–Crippen LogP) is 3.01. The number of rotatable bonds is 4. The number of hydrogen-bond acceptors (Lipinski definition) is 3. The van der Waals surface area contributed by atoms with Gasteiger partial charge in [-0.05, 0) is 37.9 Å². The second-order valence-electron chi connectivity index (χ2n) is 4.59. The molecule has 0 saturated carbocycles. The fourth-order valence-corrected chi connectivity index (χ4v) is 2.60. The van der Waals surface area contributed by atoms with Crippen molar-refractivity contribution in [3.8, 4) is 0 Å². The van der Waals surface area contributed by atoms with Crippen LogP contribution >= 0.6 is 11.6 Å². The number of likely N-dealkylation sites (tertiary alicyclic amines) is 1. The molecule has 1 atom stereocenters. The zero-order valence-corrected chi connectivity index (χ0v) is 11.6. The molecule has 0 amide bonds. The van der Waals surface area contributed by atoms with E-state index >= 15 is 0 Å². The molecule has 2 rings (SSSR count). The smallest absolute Gasteiger partial charge is 0.323 e. The number of benzene rings is 1. The summed E-state index contributed by atoms with van der Waals surface area (Å²) in [7, 11) is 0. The van der Waals surface area contributed by atoms with Crippen LogP contribution in [0.4, 0.5) is 4.39 Å². The molecule has 3 nitrogen and oxygen atoms in total. The number of hydrogen-bond donors (Lipinski definition) is 0. The van der Waals surface area contributed by atoms with Gasteiger partial charge >= 0.3 is 5.97 Å². The van der Waals surface area contributed by atoms with Crippen molar-refractivity contribution in [3.63, 3.8) is 0 Å². The van der Waals surface area contributed by atoms with Crippen LogP contribution < -0.4 is 0 Å². The number of halogens is 2. The average molecular weight is 286 g/mol. The third-order valence-electron chi connectivity index (χ3n) is 3.33. The van der Waals surface area contributed by atoms with Crippen molar-refractivity contribution in [3.05, 3.63) is 34.6 Å². The molecular weight excluding hydrogens is 269 g/mol. The maximum atomic E-state index is 13.4. The zero-order chi connectivity index (χ0) is 13.8. The van der Waals surface area contributed by atoms with E-state index in [1.54, 1.807) is 19.1 Å². The largest absolute Gasteiger partial charge is 0.465 e. The Morgan fingerprint density at radius 2 is 2.37 bits per heavy atom. The van der Waals surface area contributed by atoms with Gasteiger partial charge in [0.05, 0.1) is 11.6 Å². The molecule has 0 aromatic heterocycles. The topological polar surface area (TPSA) is 29.5 Å². The van der Waals surface area contributed by atoms with Crippen molar-refractivity contribution in [1.82, 2.24) is 4.90 Å². The lowest BCUT2D eigenvalue weighted by Crippen LogP contribution is -2.36. The molecule has 1 aliphatic heterocycles. The Labute approximate surface area is 117 Å². The Bertz CT molecular complexity index is 467. The van der Waals surface area contributed by atoms with Crippen LogP contribution in [0, 0.1) is 5.82 Å². The standard InChI is InChI=1S/C14H17ClFNO2/c1-2-19-14(18)12-7-4-8-17(12)9-10-5-3-6-11(16)13(10)15/h3,5-6,12H,2,4,7-9H2,1H3. The van der Waals surface area contributed by atoms with Crippen LogP contribution in [0.1, 0.15) is 25.3 Å². The lowest BCUT2D eigenvalue weighted by Gasteiger charge is -2.23. The number of carbonyl (C=O) groups excluding carboxylic acids is 1. The molecule has 5 heteroatoms. The molecule has 1 aromatic carbocycles. The monoisotopic (exact) mass is 285 g/mol. The summed E-state index contributed by atoms with van der Waals surface area (Å²) >= 11 is 5.94. The molecule has 0 N–H and O–H groups in total. The Morgan fingerprint density at radius 3 is 3.11 bits per heavy atom. The van der Waals surface area contributed by atoms with Gasteiger partial charge in [0.15, 0.2) is 0 Å². The highest BCUT2D eigenvalue weighted by Crippen LogP contribution is 2.26. The zero-order valence-electron chi connectivity index (χ0n) is 10.9. The fraction of sp³-hybridized carbons (Fsp3) is 0.500. The molecule has 0 spiro atoms. The van der Waals surface area contributed by atoms with E-state index < -0.39 is 5.82 Å². The molecule has 1 aromatic rings. The maximum Gasteiger partial charge on any atom is 0.323 e. The Hall–Kier alpha value is -1.13. The van der Waals surface area contributed by atoms with E-state index in [-0.39, 0.29) is 17.0 Å². The minimum atomic E-state index is -0.425. The third-order valence-corrected chi connectivity index (χ3v) is 3.75. The van der Waals surface area contributed by atoms with Gasteiger partial charge in [-0.15, -0.1) is 0 Å². The summed E-state index contributed by atoms with van der Waals surface area (Å²) in [6, 6.07) is 4.51.